The van der Waals surface area contributed by atoms with Gasteiger partial charge in [-0.3, -0.25) is 9.69 Å². The quantitative estimate of drug-likeness (QED) is 0.869. The van der Waals surface area contributed by atoms with Crippen LogP contribution in [0.25, 0.3) is 0 Å². The smallest absolute Gasteiger partial charge is 0.220 e. The van der Waals surface area contributed by atoms with Crippen molar-refractivity contribution >= 4 is 5.91 Å². The van der Waals surface area contributed by atoms with Crippen LogP contribution < -0.4 is 5.32 Å². The molecule has 1 amide bonds. The van der Waals surface area contributed by atoms with E-state index in [2.05, 4.69) is 10.2 Å². The molecule has 1 aromatic rings. The number of nitrogens with zero attached hydrogens (tertiary/aromatic N) is 1. The minimum Gasteiger partial charge on any atom is -0.468 e. The summed E-state index contributed by atoms with van der Waals surface area (Å²) in [5.74, 6) is 1.26. The van der Waals surface area contributed by atoms with Crippen molar-refractivity contribution in [2.45, 2.75) is 44.2 Å². The van der Waals surface area contributed by atoms with E-state index in [-0.39, 0.29) is 11.4 Å². The average molecular weight is 248 g/mol. The van der Waals surface area contributed by atoms with Gasteiger partial charge in [0.25, 0.3) is 0 Å². The lowest BCUT2D eigenvalue weighted by molar-refractivity contribution is -0.119. The van der Waals surface area contributed by atoms with Crippen molar-refractivity contribution in [2.75, 3.05) is 13.1 Å². The number of amides is 1. The number of carbonyl (C=O) groups excluding carboxylic acids is 1. The molecular weight excluding hydrogens is 228 g/mol. The molecule has 3 heterocycles. The summed E-state index contributed by atoms with van der Waals surface area (Å²) in [6.07, 6.45) is 6.79. The summed E-state index contributed by atoms with van der Waals surface area (Å²) in [7, 11) is 0. The van der Waals surface area contributed by atoms with Gasteiger partial charge in [0.1, 0.15) is 5.76 Å². The Hall–Kier alpha value is -1.29. The van der Waals surface area contributed by atoms with E-state index in [0.717, 1.165) is 51.1 Å². The fourth-order valence-electron chi connectivity index (χ4n) is 3.18. The predicted molar refractivity (Wildman–Crippen MR) is 67.9 cm³/mol. The topological polar surface area (TPSA) is 45.5 Å². The molecule has 0 aliphatic carbocycles. The van der Waals surface area contributed by atoms with Crippen LogP contribution in [-0.4, -0.2) is 29.4 Å². The highest BCUT2D eigenvalue weighted by Gasteiger charge is 2.38. The molecule has 0 radical (unpaired) electrons. The highest BCUT2D eigenvalue weighted by Crippen LogP contribution is 2.31. The summed E-state index contributed by atoms with van der Waals surface area (Å²) in [6, 6.07) is 3.96. The van der Waals surface area contributed by atoms with Gasteiger partial charge in [0, 0.05) is 18.5 Å². The number of likely N-dealkylation sites (tertiary alicyclic amines) is 1. The van der Waals surface area contributed by atoms with Crippen molar-refractivity contribution in [3.8, 4) is 0 Å². The van der Waals surface area contributed by atoms with E-state index in [0.29, 0.717) is 6.42 Å². The summed E-state index contributed by atoms with van der Waals surface area (Å²) in [5.41, 5.74) is 0.0923. The third-order valence-electron chi connectivity index (χ3n) is 4.23. The Morgan fingerprint density at radius 2 is 2.28 bits per heavy atom. The molecule has 0 unspecified atom stereocenters. The maximum absolute atomic E-state index is 11.4. The lowest BCUT2D eigenvalue weighted by Crippen LogP contribution is -2.42. The van der Waals surface area contributed by atoms with Crippen LogP contribution in [0.3, 0.4) is 0 Å². The number of hydrogen-bond donors (Lipinski definition) is 1. The second kappa shape index (κ2) is 4.76. The molecule has 2 saturated heterocycles. The van der Waals surface area contributed by atoms with Gasteiger partial charge in [0.2, 0.25) is 5.91 Å². The normalized spacial score (nSPS) is 29.4. The second-order valence-corrected chi connectivity index (χ2v) is 5.54. The highest BCUT2D eigenvalue weighted by molar-refractivity contribution is 5.79. The fraction of sp³-hybridized carbons (Fsp3) is 0.643. The lowest BCUT2D eigenvalue weighted by atomic mass is 9.89. The van der Waals surface area contributed by atoms with Crippen molar-refractivity contribution in [1.82, 2.24) is 10.2 Å². The van der Waals surface area contributed by atoms with Gasteiger partial charge in [0.05, 0.1) is 12.8 Å². The van der Waals surface area contributed by atoms with Crippen LogP contribution in [-0.2, 0) is 11.3 Å². The van der Waals surface area contributed by atoms with Crippen molar-refractivity contribution in [2.24, 2.45) is 0 Å². The molecule has 4 nitrogen and oxygen atoms in total. The zero-order chi connectivity index (χ0) is 12.4. The Morgan fingerprint density at radius 3 is 3.00 bits per heavy atom. The van der Waals surface area contributed by atoms with E-state index in [1.54, 1.807) is 6.26 Å². The summed E-state index contributed by atoms with van der Waals surface area (Å²) in [4.78, 5) is 13.9. The molecule has 0 saturated carbocycles. The minimum atomic E-state index is 0.0923. The van der Waals surface area contributed by atoms with E-state index in [1.807, 2.05) is 12.1 Å². The fourth-order valence-corrected chi connectivity index (χ4v) is 3.18. The third kappa shape index (κ3) is 2.43. The summed E-state index contributed by atoms with van der Waals surface area (Å²) >= 11 is 0. The van der Waals surface area contributed by atoms with Crippen molar-refractivity contribution < 1.29 is 9.21 Å². The monoisotopic (exact) mass is 248 g/mol. The van der Waals surface area contributed by atoms with Crippen LogP contribution in [0.4, 0.5) is 0 Å². The van der Waals surface area contributed by atoms with Crippen molar-refractivity contribution in [3.05, 3.63) is 24.2 Å². The first-order valence-electron chi connectivity index (χ1n) is 6.82. The van der Waals surface area contributed by atoms with Gasteiger partial charge < -0.3 is 9.73 Å². The molecule has 2 fully saturated rings. The van der Waals surface area contributed by atoms with Gasteiger partial charge in [-0.25, -0.2) is 0 Å². The zero-order valence-corrected chi connectivity index (χ0v) is 10.7. The SMILES string of the molecule is O=C1CC[C@@]2(CCCN(Cc3ccco3)CC2)N1. The number of nitrogens with one attached hydrogen (secondary N) is 1. The molecule has 1 spiro atoms. The van der Waals surface area contributed by atoms with E-state index in [4.69, 9.17) is 4.42 Å². The lowest BCUT2D eigenvalue weighted by Gasteiger charge is -2.27. The molecular formula is C14H20N2O2. The van der Waals surface area contributed by atoms with Crippen LogP contribution in [0.2, 0.25) is 0 Å². The number of carbonyl (C=O) groups is 1. The number of rotatable bonds is 2. The van der Waals surface area contributed by atoms with Crippen LogP contribution >= 0.6 is 0 Å². The number of furan rings is 1. The van der Waals surface area contributed by atoms with Gasteiger partial charge in [0.15, 0.2) is 0 Å². The highest BCUT2D eigenvalue weighted by atomic mass is 16.3. The summed E-state index contributed by atoms with van der Waals surface area (Å²) < 4.78 is 5.40. The molecule has 1 aromatic heterocycles. The Balaban J connectivity index is 1.60. The van der Waals surface area contributed by atoms with E-state index in [1.165, 1.54) is 0 Å². The van der Waals surface area contributed by atoms with Crippen LogP contribution in [0.1, 0.15) is 37.9 Å². The standard InChI is InChI=1S/C14H20N2O2/c17-13-4-6-14(15-13)5-2-8-16(9-7-14)11-12-3-1-10-18-12/h1,3,10H,2,4-9,11H2,(H,15,17)/t14-/m1/s1. The molecule has 4 heteroatoms. The van der Waals surface area contributed by atoms with Crippen LogP contribution in [0.15, 0.2) is 22.8 Å². The Kier molecular flexibility index (Phi) is 3.12. The van der Waals surface area contributed by atoms with Gasteiger partial charge >= 0.3 is 0 Å². The summed E-state index contributed by atoms with van der Waals surface area (Å²) in [6.45, 7) is 3.02. The predicted octanol–water partition coefficient (Wildman–Crippen LogP) is 1.91. The van der Waals surface area contributed by atoms with Gasteiger partial charge in [-0.05, 0) is 44.4 Å². The molecule has 0 aromatic carbocycles. The van der Waals surface area contributed by atoms with Gasteiger partial charge in [-0.1, -0.05) is 0 Å². The average Bonchev–Trinajstić information content (AvgIpc) is 2.92. The minimum absolute atomic E-state index is 0.0923. The zero-order valence-electron chi connectivity index (χ0n) is 10.7. The van der Waals surface area contributed by atoms with E-state index >= 15 is 0 Å². The van der Waals surface area contributed by atoms with E-state index in [9.17, 15) is 4.79 Å². The first kappa shape index (κ1) is 11.8. The Morgan fingerprint density at radius 1 is 1.33 bits per heavy atom. The molecule has 2 aliphatic heterocycles. The largest absolute Gasteiger partial charge is 0.468 e. The molecule has 98 valence electrons. The third-order valence-corrected chi connectivity index (χ3v) is 4.23. The van der Waals surface area contributed by atoms with Crippen molar-refractivity contribution in [1.29, 1.82) is 0 Å². The molecule has 18 heavy (non-hydrogen) atoms. The molecule has 3 rings (SSSR count). The first-order chi connectivity index (χ1) is 8.76. The molecule has 0 bridgehead atoms. The molecule has 2 aliphatic rings. The van der Waals surface area contributed by atoms with Crippen molar-refractivity contribution in [3.63, 3.8) is 0 Å². The van der Waals surface area contributed by atoms with Crippen LogP contribution in [0.5, 0.6) is 0 Å². The first-order valence-corrected chi connectivity index (χ1v) is 6.82. The van der Waals surface area contributed by atoms with Gasteiger partial charge in [-0.2, -0.15) is 0 Å². The molecule has 1 atom stereocenters. The second-order valence-electron chi connectivity index (χ2n) is 5.54. The number of hydrogen-bond acceptors (Lipinski definition) is 3. The maximum atomic E-state index is 11.4. The van der Waals surface area contributed by atoms with Gasteiger partial charge in [-0.15, -0.1) is 0 Å². The Labute approximate surface area is 107 Å². The van der Waals surface area contributed by atoms with E-state index < -0.39 is 0 Å². The summed E-state index contributed by atoms with van der Waals surface area (Å²) in [5, 5.41) is 3.20. The van der Waals surface area contributed by atoms with Crippen LogP contribution in [0, 0.1) is 0 Å². The Bertz CT molecular complexity index is 415. The maximum Gasteiger partial charge on any atom is 0.220 e. The molecule has 1 N–H and O–H groups in total.